The molecule has 1 rings (SSSR count). The number of nitrogens with zero attached hydrogens (tertiary/aromatic N) is 1. The molecule has 0 aliphatic carbocycles. The topological polar surface area (TPSA) is 65.4 Å². The number of hydrogen-bond donors (Lipinski definition) is 2. The van der Waals surface area contributed by atoms with E-state index < -0.39 is 0 Å². The maximum absolute atomic E-state index is 11.4. The molecule has 1 amide bonds. The van der Waals surface area contributed by atoms with Gasteiger partial charge in [0.25, 0.3) is 0 Å². The molecule has 2 unspecified atom stereocenters. The van der Waals surface area contributed by atoms with E-state index in [4.69, 9.17) is 10.1 Å². The van der Waals surface area contributed by atoms with E-state index in [9.17, 15) is 4.79 Å². The van der Waals surface area contributed by atoms with Gasteiger partial charge >= 0.3 is 0 Å². The zero-order valence-corrected chi connectivity index (χ0v) is 13.8. The minimum atomic E-state index is -0.0430. The van der Waals surface area contributed by atoms with Crippen molar-refractivity contribution in [3.05, 3.63) is 0 Å². The van der Waals surface area contributed by atoms with Gasteiger partial charge in [-0.25, -0.2) is 0 Å². The highest BCUT2D eigenvalue weighted by atomic mass is 16.5. The zero-order chi connectivity index (χ0) is 15.7. The summed E-state index contributed by atoms with van der Waals surface area (Å²) in [6.07, 6.45) is 4.55. The predicted molar refractivity (Wildman–Crippen MR) is 87.8 cm³/mol. The highest BCUT2D eigenvalue weighted by molar-refractivity contribution is 5.85. The summed E-state index contributed by atoms with van der Waals surface area (Å²) in [5.41, 5.74) is 0. The van der Waals surface area contributed by atoms with Gasteiger partial charge in [-0.05, 0) is 32.4 Å². The fourth-order valence-corrected chi connectivity index (χ4v) is 2.58. The maximum Gasteiger partial charge on any atom is 0.220 e. The van der Waals surface area contributed by atoms with Crippen molar-refractivity contribution < 1.29 is 11.0 Å². The first kappa shape index (κ1) is 18.0. The molecule has 5 nitrogen and oxygen atoms in total. The molecule has 1 aliphatic heterocycles. The van der Waals surface area contributed by atoms with Crippen LogP contribution in [0.15, 0.2) is 0 Å². The van der Waals surface area contributed by atoms with Crippen molar-refractivity contribution in [3.8, 4) is 0 Å². The van der Waals surface area contributed by atoms with Gasteiger partial charge in [0.15, 0.2) is 5.90 Å². The van der Waals surface area contributed by atoms with Crippen LogP contribution in [-0.2, 0) is 9.53 Å². The van der Waals surface area contributed by atoms with E-state index in [-0.39, 0.29) is 19.4 Å². The second kappa shape index (κ2) is 9.77. The second-order valence-corrected chi connectivity index (χ2v) is 5.80. The lowest BCUT2D eigenvalue weighted by atomic mass is 9.97. The van der Waals surface area contributed by atoms with Crippen molar-refractivity contribution in [2.75, 3.05) is 26.2 Å². The van der Waals surface area contributed by atoms with Gasteiger partial charge in [0, 0.05) is 26.9 Å². The van der Waals surface area contributed by atoms with Crippen molar-refractivity contribution in [2.45, 2.75) is 59.0 Å². The fraction of sp³-hybridized carbons (Fsp3) is 0.875. The van der Waals surface area contributed by atoms with E-state index in [1.165, 1.54) is 12.8 Å². The molecular weight excluding hydrogens is 266 g/mol. The molecule has 1 saturated heterocycles. The highest BCUT2D eigenvalue weighted by Gasteiger charge is 2.26. The number of amides is 1. The largest absolute Gasteiger partial charge is 0.476 e. The van der Waals surface area contributed by atoms with Gasteiger partial charge in [-0.3, -0.25) is 15.1 Å². The van der Waals surface area contributed by atoms with Gasteiger partial charge in [0.2, 0.25) is 5.91 Å². The number of rotatable bonds is 9. The van der Waals surface area contributed by atoms with Crippen molar-refractivity contribution >= 4 is 11.8 Å². The minimum Gasteiger partial charge on any atom is -0.476 e. The molecule has 2 N–H and O–H groups in total. The van der Waals surface area contributed by atoms with Gasteiger partial charge < -0.3 is 10.1 Å². The zero-order valence-electron chi connectivity index (χ0n) is 13.8. The normalized spacial score (nSPS) is 20.2. The number of ether oxygens (including phenoxy) is 1. The first-order valence-corrected chi connectivity index (χ1v) is 8.34. The molecule has 2 atom stereocenters. The molecule has 124 valence electrons. The maximum atomic E-state index is 11.4. The van der Waals surface area contributed by atoms with Gasteiger partial charge in [-0.1, -0.05) is 27.2 Å². The van der Waals surface area contributed by atoms with Crippen LogP contribution in [0, 0.1) is 11.3 Å². The van der Waals surface area contributed by atoms with Crippen LogP contribution in [0.1, 0.15) is 54.3 Å². The number of hydrogen-bond acceptors (Lipinski definition) is 4. The highest BCUT2D eigenvalue weighted by Crippen LogP contribution is 2.17. The Balaban J connectivity index is 0.00000441. The van der Waals surface area contributed by atoms with Crippen LogP contribution in [0.2, 0.25) is 0 Å². The number of likely N-dealkylation sites (N-methyl/N-ethyl adjacent to an activating group) is 1. The van der Waals surface area contributed by atoms with E-state index in [1.807, 2.05) is 0 Å². The predicted octanol–water partition coefficient (Wildman–Crippen LogP) is 2.65. The summed E-state index contributed by atoms with van der Waals surface area (Å²) in [6.45, 7) is 10.1. The molecule has 0 bridgehead atoms. The number of unbranched alkanes of at least 4 members (excludes halogenated alkanes) is 1. The van der Waals surface area contributed by atoms with Crippen LogP contribution in [0.5, 0.6) is 0 Å². The molecule has 21 heavy (non-hydrogen) atoms. The third kappa shape index (κ3) is 6.46. The van der Waals surface area contributed by atoms with Crippen LogP contribution in [-0.4, -0.2) is 49.0 Å². The van der Waals surface area contributed by atoms with Crippen LogP contribution in [0.25, 0.3) is 0 Å². The summed E-state index contributed by atoms with van der Waals surface area (Å²) in [4.78, 5) is 13.8. The Kier molecular flexibility index (Phi) is 8.35. The lowest BCUT2D eigenvalue weighted by Gasteiger charge is -2.29. The van der Waals surface area contributed by atoms with E-state index >= 15 is 0 Å². The molecule has 5 heteroatoms. The summed E-state index contributed by atoms with van der Waals surface area (Å²) < 4.78 is 5.86. The van der Waals surface area contributed by atoms with Crippen molar-refractivity contribution in [2.24, 2.45) is 5.92 Å². The number of piperidine rings is 1. The average molecular weight is 299 g/mol. The summed E-state index contributed by atoms with van der Waals surface area (Å²) in [6, 6.07) is 0. The molecule has 0 spiro atoms. The molecule has 1 aliphatic rings. The van der Waals surface area contributed by atoms with E-state index in [1.54, 1.807) is 0 Å². The second-order valence-electron chi connectivity index (χ2n) is 5.80. The molecule has 0 radical (unpaired) electrons. The average Bonchev–Trinajstić information content (AvgIpc) is 2.50. The molecule has 0 aromatic rings. The lowest BCUT2D eigenvalue weighted by Crippen LogP contribution is -2.40. The van der Waals surface area contributed by atoms with Crippen molar-refractivity contribution in [1.29, 1.82) is 5.41 Å². The number of carbonyl (C=O) groups is 1. The number of carbonyl (C=O) groups excluding carboxylic acids is 1. The monoisotopic (exact) mass is 299 g/mol. The summed E-state index contributed by atoms with van der Waals surface area (Å²) >= 11 is 0. The smallest absolute Gasteiger partial charge is 0.220 e. The van der Waals surface area contributed by atoms with Crippen LogP contribution >= 0.6 is 0 Å². The fourth-order valence-electron chi connectivity index (χ4n) is 2.58. The molecule has 1 heterocycles. The Labute approximate surface area is 130 Å². The van der Waals surface area contributed by atoms with Crippen LogP contribution in [0.3, 0.4) is 0 Å². The first-order valence-electron chi connectivity index (χ1n) is 8.34. The molecule has 0 aromatic heterocycles. The Morgan fingerprint density at radius 1 is 1.52 bits per heavy atom. The summed E-state index contributed by atoms with van der Waals surface area (Å²) in [5, 5.41) is 10.9. The minimum absolute atomic E-state index is 0. The van der Waals surface area contributed by atoms with E-state index in [0.717, 1.165) is 32.5 Å². The van der Waals surface area contributed by atoms with E-state index in [2.05, 4.69) is 31.0 Å². The summed E-state index contributed by atoms with van der Waals surface area (Å²) in [5.74, 6) is 0.285. The quantitative estimate of drug-likeness (QED) is 0.508. The molecular formula is C16H33N3O2. The number of nitrogens with one attached hydrogen (secondary N) is 2. The Morgan fingerprint density at radius 3 is 2.86 bits per heavy atom. The van der Waals surface area contributed by atoms with Gasteiger partial charge in [0.05, 0.1) is 0 Å². The van der Waals surface area contributed by atoms with Crippen LogP contribution in [0.4, 0.5) is 0 Å². The van der Waals surface area contributed by atoms with Crippen LogP contribution < -0.4 is 5.32 Å². The molecule has 1 fully saturated rings. The SMILES string of the molecule is CCCCN(CC)CC(CC)OC(=N)C1CCNC(=O)C1.[HH]. The third-order valence-electron chi connectivity index (χ3n) is 4.10. The van der Waals surface area contributed by atoms with Crippen molar-refractivity contribution in [1.82, 2.24) is 10.2 Å². The Hall–Kier alpha value is -1.10. The van der Waals surface area contributed by atoms with E-state index in [0.29, 0.717) is 18.9 Å². The molecule has 0 saturated carbocycles. The standard InChI is InChI=1S/C16H31N3O2.H2/c1-4-7-10-19(6-3)12-14(5-2)21-16(17)13-8-9-18-15(20)11-13;/h13-14,17H,4-12H2,1-3H3,(H,18,20);1H. The first-order chi connectivity index (χ1) is 10.1. The van der Waals surface area contributed by atoms with Crippen molar-refractivity contribution in [3.63, 3.8) is 0 Å². The Morgan fingerprint density at radius 2 is 2.29 bits per heavy atom. The Bertz CT molecular complexity index is 339. The lowest BCUT2D eigenvalue weighted by molar-refractivity contribution is -0.123. The molecule has 0 aromatic carbocycles. The third-order valence-corrected chi connectivity index (χ3v) is 4.10. The summed E-state index contributed by atoms with van der Waals surface area (Å²) in [7, 11) is 0. The van der Waals surface area contributed by atoms with Gasteiger partial charge in [0.1, 0.15) is 6.10 Å². The van der Waals surface area contributed by atoms with Gasteiger partial charge in [-0.2, -0.15) is 0 Å². The van der Waals surface area contributed by atoms with Gasteiger partial charge in [-0.15, -0.1) is 0 Å².